The molecule has 3 aliphatic heterocycles. The van der Waals surface area contributed by atoms with E-state index < -0.39 is 35.0 Å². The maximum Gasteiger partial charge on any atom is 0.240 e. The van der Waals surface area contributed by atoms with E-state index in [1.807, 2.05) is 12.1 Å². The second-order valence-corrected chi connectivity index (χ2v) is 7.24. The molecule has 5 atom stereocenters. The summed E-state index contributed by atoms with van der Waals surface area (Å²) >= 11 is 0. The summed E-state index contributed by atoms with van der Waals surface area (Å²) in [5, 5.41) is 28.5. The fourth-order valence-electron chi connectivity index (χ4n) is 4.64. The third-order valence-corrected chi connectivity index (χ3v) is 5.80. The Balaban J connectivity index is 0.00000196. The van der Waals surface area contributed by atoms with E-state index in [1.165, 1.54) is 18.2 Å². The van der Waals surface area contributed by atoms with Gasteiger partial charge in [0.15, 0.2) is 0 Å². The molecule has 0 radical (unpaired) electrons. The summed E-state index contributed by atoms with van der Waals surface area (Å²) < 4.78 is 5.92. The van der Waals surface area contributed by atoms with E-state index in [9.17, 15) is 20.0 Å². The van der Waals surface area contributed by atoms with Gasteiger partial charge in [-0.1, -0.05) is 7.43 Å². The Bertz CT molecular complexity index is 914. The molecule has 3 aliphatic rings. The summed E-state index contributed by atoms with van der Waals surface area (Å²) in [5.74, 6) is -2.24. The van der Waals surface area contributed by atoms with Crippen molar-refractivity contribution in [3.63, 3.8) is 0 Å². The van der Waals surface area contributed by atoms with Crippen LogP contribution in [0.2, 0.25) is 0 Å². The zero-order valence-electron chi connectivity index (χ0n) is 13.7. The van der Waals surface area contributed by atoms with E-state index in [0.717, 1.165) is 4.90 Å². The van der Waals surface area contributed by atoms with Crippen LogP contribution in [0, 0.1) is 34.5 Å². The van der Waals surface area contributed by atoms with Gasteiger partial charge in [-0.3, -0.25) is 9.59 Å². The van der Waals surface area contributed by atoms with Crippen molar-refractivity contribution in [2.24, 2.45) is 11.8 Å². The number of hydrogen-bond acceptors (Lipinski definition) is 6. The first kappa shape index (κ1) is 18.1. The van der Waals surface area contributed by atoms with Gasteiger partial charge >= 0.3 is 0 Å². The molecule has 7 nitrogen and oxygen atoms in total. The van der Waals surface area contributed by atoms with Crippen LogP contribution < -0.4 is 4.90 Å². The van der Waals surface area contributed by atoms with Crippen LogP contribution in [-0.4, -0.2) is 34.2 Å². The number of aliphatic hydroxyl groups is 1. The van der Waals surface area contributed by atoms with Crippen molar-refractivity contribution >= 4 is 17.5 Å². The molecule has 0 unspecified atom stereocenters. The van der Waals surface area contributed by atoms with Crippen LogP contribution in [0.4, 0.5) is 5.69 Å². The van der Waals surface area contributed by atoms with E-state index in [4.69, 9.17) is 10.00 Å². The maximum atomic E-state index is 13.0. The van der Waals surface area contributed by atoms with Crippen molar-refractivity contribution in [1.82, 2.24) is 0 Å². The molecule has 2 bridgehead atoms. The lowest BCUT2D eigenvalue weighted by atomic mass is 9.67. The molecule has 3 fully saturated rings. The number of fused-ring (bicyclic) bond motifs is 5. The smallest absolute Gasteiger partial charge is 0.240 e. The molecular weight excluding hydrogens is 334 g/mol. The number of aliphatic hydroxyl groups excluding tert-OH is 1. The van der Waals surface area contributed by atoms with Crippen LogP contribution in [0.3, 0.4) is 0 Å². The lowest BCUT2D eigenvalue weighted by molar-refractivity contribution is -0.132. The maximum absolute atomic E-state index is 13.0. The molecule has 1 aromatic carbocycles. The normalized spacial score (nSPS) is 37.1. The average Bonchev–Trinajstić information content (AvgIpc) is 3.08. The number of hydrogen-bond donors (Lipinski definition) is 1. The standard InChI is InChI=1S/C18H15N3O4.CH4/c1-17-6-12(22)18(2,25-17)14-13(17)15(23)21(16(14)24)11-4-3-9(7-19)10(5-11)8-20;/h3-5,12-14,22H,6H2,1-2H3;1H4/t12-,13+,14-,17-,18+;/m0./s1. The van der Waals surface area contributed by atoms with E-state index >= 15 is 0 Å². The number of imide groups is 1. The summed E-state index contributed by atoms with van der Waals surface area (Å²) in [5.41, 5.74) is -1.42. The molecule has 7 heteroatoms. The minimum absolute atomic E-state index is 0. The molecule has 3 saturated heterocycles. The van der Waals surface area contributed by atoms with Crippen molar-refractivity contribution in [3.05, 3.63) is 29.3 Å². The van der Waals surface area contributed by atoms with E-state index in [-0.39, 0.29) is 30.1 Å². The Labute approximate surface area is 151 Å². The van der Waals surface area contributed by atoms with Gasteiger partial charge in [0, 0.05) is 6.42 Å². The van der Waals surface area contributed by atoms with Gasteiger partial charge in [0.1, 0.15) is 17.7 Å². The Hall–Kier alpha value is -2.74. The number of nitriles is 2. The molecule has 0 saturated carbocycles. The van der Waals surface area contributed by atoms with Crippen molar-refractivity contribution in [2.45, 2.75) is 45.0 Å². The number of anilines is 1. The highest BCUT2D eigenvalue weighted by atomic mass is 16.6. The Morgan fingerprint density at radius 1 is 1.15 bits per heavy atom. The van der Waals surface area contributed by atoms with Crippen LogP contribution in [-0.2, 0) is 14.3 Å². The highest BCUT2D eigenvalue weighted by Crippen LogP contribution is 2.60. The summed E-state index contributed by atoms with van der Waals surface area (Å²) in [6.07, 6.45) is -0.514. The monoisotopic (exact) mass is 353 g/mol. The lowest BCUT2D eigenvalue weighted by Gasteiger charge is -2.31. The number of benzene rings is 1. The largest absolute Gasteiger partial charge is 0.390 e. The second-order valence-electron chi connectivity index (χ2n) is 7.24. The summed E-state index contributed by atoms with van der Waals surface area (Å²) in [4.78, 5) is 27.1. The summed E-state index contributed by atoms with van der Waals surface area (Å²) in [7, 11) is 0. The molecule has 1 aromatic rings. The van der Waals surface area contributed by atoms with Crippen LogP contribution in [0.15, 0.2) is 18.2 Å². The molecule has 3 heterocycles. The predicted molar refractivity (Wildman–Crippen MR) is 90.6 cm³/mol. The van der Waals surface area contributed by atoms with Crippen molar-refractivity contribution in [1.29, 1.82) is 10.5 Å². The Morgan fingerprint density at radius 2 is 1.77 bits per heavy atom. The zero-order valence-corrected chi connectivity index (χ0v) is 13.7. The molecule has 4 rings (SSSR count). The van der Waals surface area contributed by atoms with Crippen LogP contribution in [0.1, 0.15) is 38.8 Å². The molecule has 0 spiro atoms. The fourth-order valence-corrected chi connectivity index (χ4v) is 4.64. The number of carbonyl (C=O) groups is 2. The fraction of sp³-hybridized carbons (Fsp3) is 0.474. The Morgan fingerprint density at radius 3 is 2.38 bits per heavy atom. The van der Waals surface area contributed by atoms with E-state index in [2.05, 4.69) is 0 Å². The highest BCUT2D eigenvalue weighted by molar-refractivity contribution is 6.23. The third-order valence-electron chi connectivity index (χ3n) is 5.80. The SMILES string of the molecule is C.C[C@@]12O[C@@](C)(C[C@@H]1O)[C@H]1C(=O)N(c3ccc(C#N)c(C#N)c3)C(=O)[C@H]12. The molecular formula is C19H19N3O4. The molecule has 0 aliphatic carbocycles. The average molecular weight is 353 g/mol. The van der Waals surface area contributed by atoms with Crippen LogP contribution in [0.5, 0.6) is 0 Å². The first-order valence-corrected chi connectivity index (χ1v) is 7.97. The van der Waals surface area contributed by atoms with Crippen LogP contribution >= 0.6 is 0 Å². The zero-order chi connectivity index (χ0) is 18.1. The van der Waals surface area contributed by atoms with Gasteiger partial charge in [-0.05, 0) is 32.0 Å². The van der Waals surface area contributed by atoms with Crippen LogP contribution in [0.25, 0.3) is 0 Å². The van der Waals surface area contributed by atoms with Crippen molar-refractivity contribution in [2.75, 3.05) is 4.90 Å². The summed E-state index contributed by atoms with van der Waals surface area (Å²) in [6, 6.07) is 8.09. The van der Waals surface area contributed by atoms with Gasteiger partial charge in [0.2, 0.25) is 11.8 Å². The topological polar surface area (TPSA) is 114 Å². The first-order valence-electron chi connectivity index (χ1n) is 7.97. The number of carbonyl (C=O) groups excluding carboxylic acids is 2. The quantitative estimate of drug-likeness (QED) is 0.765. The third kappa shape index (κ3) is 1.93. The first-order chi connectivity index (χ1) is 11.8. The van der Waals surface area contributed by atoms with Gasteiger partial charge in [-0.25, -0.2) is 4.90 Å². The molecule has 0 aromatic heterocycles. The second kappa shape index (κ2) is 5.38. The molecule has 2 amide bonds. The minimum Gasteiger partial charge on any atom is -0.390 e. The van der Waals surface area contributed by atoms with Gasteiger partial charge in [0.05, 0.1) is 40.4 Å². The van der Waals surface area contributed by atoms with Gasteiger partial charge < -0.3 is 9.84 Å². The number of nitrogens with zero attached hydrogens (tertiary/aromatic N) is 3. The number of ether oxygens (including phenoxy) is 1. The Kier molecular flexibility index (Phi) is 3.74. The van der Waals surface area contributed by atoms with Gasteiger partial charge in [0.25, 0.3) is 0 Å². The molecule has 1 N–H and O–H groups in total. The molecule has 134 valence electrons. The van der Waals surface area contributed by atoms with Crippen molar-refractivity contribution in [3.8, 4) is 12.1 Å². The lowest BCUT2D eigenvalue weighted by Crippen LogP contribution is -2.49. The molecule has 26 heavy (non-hydrogen) atoms. The van der Waals surface area contributed by atoms with Gasteiger partial charge in [-0.15, -0.1) is 0 Å². The summed E-state index contributed by atoms with van der Waals surface area (Å²) in [6.45, 7) is 3.42. The van der Waals surface area contributed by atoms with E-state index in [0.29, 0.717) is 6.42 Å². The number of rotatable bonds is 1. The number of amides is 2. The predicted octanol–water partition coefficient (Wildman–Crippen LogP) is 1.48. The van der Waals surface area contributed by atoms with E-state index in [1.54, 1.807) is 13.8 Å². The van der Waals surface area contributed by atoms with Gasteiger partial charge in [-0.2, -0.15) is 10.5 Å². The highest BCUT2D eigenvalue weighted by Gasteiger charge is 2.75. The minimum atomic E-state index is -1.09. The van der Waals surface area contributed by atoms with Crippen molar-refractivity contribution < 1.29 is 19.4 Å².